The van der Waals surface area contributed by atoms with Gasteiger partial charge in [-0.3, -0.25) is 9.59 Å². The number of nitrogens with one attached hydrogen (secondary N) is 1. The summed E-state index contributed by atoms with van der Waals surface area (Å²) in [6.45, 7) is 2.53. The fourth-order valence-corrected chi connectivity index (χ4v) is 2.16. The number of likely N-dealkylation sites (N-methyl/N-ethyl adjacent to an activating group) is 1. The molecule has 0 radical (unpaired) electrons. The second-order valence-corrected chi connectivity index (χ2v) is 4.66. The third-order valence-corrected chi connectivity index (χ3v) is 3.25. The van der Waals surface area contributed by atoms with E-state index in [1.54, 1.807) is 0 Å². The summed E-state index contributed by atoms with van der Waals surface area (Å²) in [5.74, 6) is -0.772. The van der Waals surface area contributed by atoms with Gasteiger partial charge in [0.25, 0.3) is 0 Å². The van der Waals surface area contributed by atoms with E-state index in [1.165, 1.54) is 0 Å². The van der Waals surface area contributed by atoms with Crippen LogP contribution in [0.2, 0.25) is 0 Å². The molecule has 18 heavy (non-hydrogen) atoms. The molecule has 1 amide bonds. The van der Waals surface area contributed by atoms with Crippen molar-refractivity contribution in [3.05, 3.63) is 35.4 Å². The lowest BCUT2D eigenvalue weighted by molar-refractivity contribution is -0.138. The van der Waals surface area contributed by atoms with Crippen LogP contribution in [0.5, 0.6) is 0 Å². The van der Waals surface area contributed by atoms with Gasteiger partial charge in [-0.15, -0.1) is 0 Å². The van der Waals surface area contributed by atoms with Crippen LogP contribution in [0.25, 0.3) is 0 Å². The smallest absolute Gasteiger partial charge is 0.307 e. The van der Waals surface area contributed by atoms with E-state index in [2.05, 4.69) is 5.32 Å². The average Bonchev–Trinajstić information content (AvgIpc) is 3.10. The summed E-state index contributed by atoms with van der Waals surface area (Å²) in [7, 11) is 0. The zero-order chi connectivity index (χ0) is 13.1. The molecule has 0 saturated heterocycles. The van der Waals surface area contributed by atoms with Crippen LogP contribution in [0.15, 0.2) is 24.3 Å². The number of benzene rings is 1. The van der Waals surface area contributed by atoms with E-state index in [0.29, 0.717) is 13.0 Å². The first-order chi connectivity index (χ1) is 8.61. The number of hydrogen-bond acceptors (Lipinski definition) is 2. The lowest BCUT2D eigenvalue weighted by Gasteiger charge is -2.04. The van der Waals surface area contributed by atoms with Crippen molar-refractivity contribution in [1.29, 1.82) is 0 Å². The van der Waals surface area contributed by atoms with Gasteiger partial charge in [0.15, 0.2) is 0 Å². The fraction of sp³-hybridized carbons (Fsp3) is 0.429. The summed E-state index contributed by atoms with van der Waals surface area (Å²) < 4.78 is 0. The molecule has 0 bridgehead atoms. The Bertz CT molecular complexity index is 453. The van der Waals surface area contributed by atoms with Crippen molar-refractivity contribution in [3.8, 4) is 0 Å². The molecular weight excluding hydrogens is 230 g/mol. The van der Waals surface area contributed by atoms with Crippen LogP contribution >= 0.6 is 0 Å². The van der Waals surface area contributed by atoms with Gasteiger partial charge >= 0.3 is 5.97 Å². The maximum absolute atomic E-state index is 11.4. The predicted octanol–water partition coefficient (Wildman–Crippen LogP) is 1.55. The molecular formula is C14H17NO3. The van der Waals surface area contributed by atoms with E-state index >= 15 is 0 Å². The van der Waals surface area contributed by atoms with Gasteiger partial charge in [0, 0.05) is 6.54 Å². The molecule has 2 rings (SSSR count). The highest BCUT2D eigenvalue weighted by atomic mass is 16.4. The Morgan fingerprint density at radius 1 is 1.33 bits per heavy atom. The van der Waals surface area contributed by atoms with Crippen LogP contribution in [0.1, 0.15) is 30.4 Å². The maximum Gasteiger partial charge on any atom is 0.307 e. The van der Waals surface area contributed by atoms with Gasteiger partial charge in [-0.1, -0.05) is 24.3 Å². The highest BCUT2D eigenvalue weighted by Gasteiger charge is 2.43. The Morgan fingerprint density at radius 2 is 2.00 bits per heavy atom. The number of carbonyl (C=O) groups is 2. The summed E-state index contributed by atoms with van der Waals surface area (Å²) >= 11 is 0. The molecule has 1 saturated carbocycles. The van der Waals surface area contributed by atoms with Crippen LogP contribution in [0.4, 0.5) is 0 Å². The van der Waals surface area contributed by atoms with Gasteiger partial charge in [-0.2, -0.15) is 0 Å². The molecule has 2 atom stereocenters. The van der Waals surface area contributed by atoms with Gasteiger partial charge in [0.05, 0.1) is 12.3 Å². The number of carboxylic acid groups (broad SMARTS) is 1. The molecule has 1 aliphatic carbocycles. The van der Waals surface area contributed by atoms with Crippen LogP contribution in [0.3, 0.4) is 0 Å². The van der Waals surface area contributed by atoms with Gasteiger partial charge in [0.1, 0.15) is 0 Å². The predicted molar refractivity (Wildman–Crippen MR) is 67.3 cm³/mol. The van der Waals surface area contributed by atoms with E-state index < -0.39 is 5.97 Å². The second kappa shape index (κ2) is 5.21. The standard InChI is InChI=1S/C14H17NO3/c1-2-15-13(16)7-9-3-5-10(6-4-9)11-8-12(11)14(17)18/h3-6,11-12H,2,7-8H2,1H3,(H,15,16)(H,17,18). The highest BCUT2D eigenvalue weighted by molar-refractivity contribution is 5.78. The Hall–Kier alpha value is -1.84. The summed E-state index contributed by atoms with van der Waals surface area (Å²) in [6, 6.07) is 7.67. The van der Waals surface area contributed by atoms with E-state index in [0.717, 1.165) is 17.5 Å². The summed E-state index contributed by atoms with van der Waals surface area (Å²) in [6.07, 6.45) is 1.10. The fourth-order valence-electron chi connectivity index (χ4n) is 2.16. The molecule has 0 aromatic heterocycles. The number of amides is 1. The van der Waals surface area contributed by atoms with Crippen molar-refractivity contribution in [3.63, 3.8) is 0 Å². The lowest BCUT2D eigenvalue weighted by Crippen LogP contribution is -2.24. The Balaban J connectivity index is 1.94. The van der Waals surface area contributed by atoms with E-state index in [9.17, 15) is 9.59 Å². The quantitative estimate of drug-likeness (QED) is 0.829. The van der Waals surface area contributed by atoms with Gasteiger partial charge in [-0.25, -0.2) is 0 Å². The first-order valence-corrected chi connectivity index (χ1v) is 6.20. The molecule has 0 heterocycles. The van der Waals surface area contributed by atoms with Crippen molar-refractivity contribution in [2.75, 3.05) is 6.54 Å². The maximum atomic E-state index is 11.4. The lowest BCUT2D eigenvalue weighted by atomic mass is 10.0. The molecule has 2 unspecified atom stereocenters. The molecule has 96 valence electrons. The summed E-state index contributed by atoms with van der Waals surface area (Å²) in [5.41, 5.74) is 2.01. The largest absolute Gasteiger partial charge is 0.481 e. The van der Waals surface area contributed by atoms with Crippen molar-refractivity contribution < 1.29 is 14.7 Å². The molecule has 0 aliphatic heterocycles. The molecule has 4 heteroatoms. The summed E-state index contributed by atoms with van der Waals surface area (Å²) in [4.78, 5) is 22.2. The third kappa shape index (κ3) is 2.88. The Morgan fingerprint density at radius 3 is 2.50 bits per heavy atom. The number of rotatable bonds is 5. The number of hydrogen-bond donors (Lipinski definition) is 2. The third-order valence-electron chi connectivity index (χ3n) is 3.25. The van der Waals surface area contributed by atoms with E-state index in [4.69, 9.17) is 5.11 Å². The molecule has 0 spiro atoms. The molecule has 1 aromatic carbocycles. The van der Waals surface area contributed by atoms with Crippen LogP contribution in [-0.2, 0) is 16.0 Å². The zero-order valence-corrected chi connectivity index (χ0v) is 10.3. The Labute approximate surface area is 106 Å². The Kier molecular flexibility index (Phi) is 3.65. The monoisotopic (exact) mass is 247 g/mol. The van der Waals surface area contributed by atoms with Crippen molar-refractivity contribution in [2.24, 2.45) is 5.92 Å². The van der Waals surface area contributed by atoms with Crippen molar-refractivity contribution >= 4 is 11.9 Å². The van der Waals surface area contributed by atoms with Crippen LogP contribution in [-0.4, -0.2) is 23.5 Å². The van der Waals surface area contributed by atoms with Gasteiger partial charge < -0.3 is 10.4 Å². The molecule has 4 nitrogen and oxygen atoms in total. The first kappa shape index (κ1) is 12.6. The number of carboxylic acids is 1. The molecule has 1 aliphatic rings. The minimum absolute atomic E-state index is 0.0140. The van der Waals surface area contributed by atoms with Gasteiger partial charge in [-0.05, 0) is 30.4 Å². The first-order valence-electron chi connectivity index (χ1n) is 6.20. The van der Waals surface area contributed by atoms with Crippen LogP contribution in [0, 0.1) is 5.92 Å². The topological polar surface area (TPSA) is 66.4 Å². The normalized spacial score (nSPS) is 21.4. The number of carbonyl (C=O) groups excluding carboxylic acids is 1. The minimum Gasteiger partial charge on any atom is -0.481 e. The zero-order valence-electron chi connectivity index (χ0n) is 10.3. The summed E-state index contributed by atoms with van der Waals surface area (Å²) in [5, 5.41) is 11.6. The molecule has 1 fully saturated rings. The van der Waals surface area contributed by atoms with Crippen molar-refractivity contribution in [2.45, 2.75) is 25.7 Å². The average molecular weight is 247 g/mol. The SMILES string of the molecule is CCNC(=O)Cc1ccc(C2CC2C(=O)O)cc1. The van der Waals surface area contributed by atoms with Crippen LogP contribution < -0.4 is 5.32 Å². The molecule has 1 aromatic rings. The minimum atomic E-state index is -0.716. The van der Waals surface area contributed by atoms with E-state index in [-0.39, 0.29) is 17.7 Å². The number of aliphatic carboxylic acids is 1. The van der Waals surface area contributed by atoms with Crippen molar-refractivity contribution in [1.82, 2.24) is 5.32 Å². The van der Waals surface area contributed by atoms with E-state index in [1.807, 2.05) is 31.2 Å². The molecule has 2 N–H and O–H groups in total. The van der Waals surface area contributed by atoms with Gasteiger partial charge in [0.2, 0.25) is 5.91 Å². The second-order valence-electron chi connectivity index (χ2n) is 4.66. The highest BCUT2D eigenvalue weighted by Crippen LogP contribution is 2.47.